The molecule has 1 aliphatic heterocycles. The average molecular weight is 440 g/mol. The van der Waals surface area contributed by atoms with Gasteiger partial charge in [-0.3, -0.25) is 14.4 Å². The molecule has 6 nitrogen and oxygen atoms in total. The number of rotatable bonds is 4. The summed E-state index contributed by atoms with van der Waals surface area (Å²) in [4.78, 5) is 40.6. The van der Waals surface area contributed by atoms with Crippen LogP contribution in [0.1, 0.15) is 12.8 Å². The van der Waals surface area contributed by atoms with Crippen molar-refractivity contribution in [1.29, 1.82) is 0 Å². The number of hydrogen-bond acceptors (Lipinski definition) is 3. The number of anilines is 1. The molecule has 4 aromatic rings. The lowest BCUT2D eigenvalue weighted by atomic mass is 9.95. The highest BCUT2D eigenvalue weighted by atomic mass is 16.2. The lowest BCUT2D eigenvalue weighted by Gasteiger charge is -2.32. The Balaban J connectivity index is 1.32. The number of para-hydroxylation sites is 3. The highest BCUT2D eigenvalue weighted by Crippen LogP contribution is 2.22. The number of carbonyl (C=O) groups excluding carboxylic acids is 2. The zero-order valence-corrected chi connectivity index (χ0v) is 18.2. The number of pyridine rings is 1. The van der Waals surface area contributed by atoms with Gasteiger partial charge in [0.2, 0.25) is 11.8 Å². The molecule has 166 valence electrons. The molecule has 1 N–H and O–H groups in total. The molecule has 1 saturated heterocycles. The number of nitrogens with zero attached hydrogens (tertiary/aromatic N) is 2. The Morgan fingerprint density at radius 2 is 1.33 bits per heavy atom. The SMILES string of the molecule is O=C(Nc1ccccc1)C1CCN(C(=O)Cn2c3ccccc3c(=O)c3ccccc32)CC1. The highest BCUT2D eigenvalue weighted by Gasteiger charge is 2.28. The first-order chi connectivity index (χ1) is 16.1. The molecular formula is C27H25N3O3. The molecule has 3 aromatic carbocycles. The van der Waals surface area contributed by atoms with Crippen molar-refractivity contribution in [3.63, 3.8) is 0 Å². The van der Waals surface area contributed by atoms with Crippen molar-refractivity contribution in [1.82, 2.24) is 9.47 Å². The van der Waals surface area contributed by atoms with E-state index in [4.69, 9.17) is 0 Å². The maximum absolute atomic E-state index is 13.2. The van der Waals surface area contributed by atoms with Gasteiger partial charge in [0.25, 0.3) is 0 Å². The Bertz CT molecular complexity index is 1330. The summed E-state index contributed by atoms with van der Waals surface area (Å²) in [5.74, 6) is -0.107. The van der Waals surface area contributed by atoms with Crippen LogP contribution in [0.5, 0.6) is 0 Å². The Labute approximate surface area is 191 Å². The Kier molecular flexibility index (Phi) is 5.65. The van der Waals surface area contributed by atoms with Crippen molar-refractivity contribution in [2.24, 2.45) is 5.92 Å². The third-order valence-corrected chi connectivity index (χ3v) is 6.43. The first kappa shape index (κ1) is 20.9. The molecule has 2 heterocycles. The normalized spacial score (nSPS) is 14.5. The predicted molar refractivity (Wildman–Crippen MR) is 130 cm³/mol. The molecule has 1 fully saturated rings. The third kappa shape index (κ3) is 4.12. The summed E-state index contributed by atoms with van der Waals surface area (Å²) in [5.41, 5.74) is 2.28. The van der Waals surface area contributed by atoms with Crippen LogP contribution in [-0.2, 0) is 16.1 Å². The van der Waals surface area contributed by atoms with Gasteiger partial charge in [0.05, 0.1) is 11.0 Å². The molecule has 0 unspecified atom stereocenters. The highest BCUT2D eigenvalue weighted by molar-refractivity contribution is 5.95. The van der Waals surface area contributed by atoms with Crippen LogP contribution >= 0.6 is 0 Å². The number of amides is 2. The first-order valence-electron chi connectivity index (χ1n) is 11.3. The minimum absolute atomic E-state index is 0.00382. The largest absolute Gasteiger partial charge is 0.341 e. The van der Waals surface area contributed by atoms with E-state index in [9.17, 15) is 14.4 Å². The molecule has 0 spiro atoms. The van der Waals surface area contributed by atoms with Gasteiger partial charge in [0, 0.05) is 35.5 Å². The van der Waals surface area contributed by atoms with E-state index in [2.05, 4.69) is 5.32 Å². The summed E-state index contributed by atoms with van der Waals surface area (Å²) in [7, 11) is 0. The summed E-state index contributed by atoms with van der Waals surface area (Å²) in [5, 5.41) is 4.19. The Morgan fingerprint density at radius 1 is 0.788 bits per heavy atom. The zero-order chi connectivity index (χ0) is 22.8. The van der Waals surface area contributed by atoms with E-state index in [1.165, 1.54) is 0 Å². The Hall–Kier alpha value is -3.93. The van der Waals surface area contributed by atoms with Crippen LogP contribution in [0.4, 0.5) is 5.69 Å². The van der Waals surface area contributed by atoms with E-state index in [1.807, 2.05) is 88.3 Å². The van der Waals surface area contributed by atoms with Gasteiger partial charge < -0.3 is 14.8 Å². The van der Waals surface area contributed by atoms with E-state index in [0.717, 1.165) is 16.7 Å². The minimum atomic E-state index is -0.108. The van der Waals surface area contributed by atoms with E-state index < -0.39 is 0 Å². The number of likely N-dealkylation sites (tertiary alicyclic amines) is 1. The van der Waals surface area contributed by atoms with Crippen LogP contribution in [-0.4, -0.2) is 34.4 Å². The molecule has 0 saturated carbocycles. The van der Waals surface area contributed by atoms with Crippen LogP contribution < -0.4 is 10.7 Å². The van der Waals surface area contributed by atoms with Gasteiger partial charge in [0.1, 0.15) is 6.54 Å². The van der Waals surface area contributed by atoms with Crippen molar-refractivity contribution in [2.75, 3.05) is 18.4 Å². The van der Waals surface area contributed by atoms with Crippen molar-refractivity contribution < 1.29 is 9.59 Å². The summed E-state index contributed by atoms with van der Waals surface area (Å²) >= 11 is 0. The number of hydrogen-bond donors (Lipinski definition) is 1. The second kappa shape index (κ2) is 8.90. The molecule has 33 heavy (non-hydrogen) atoms. The summed E-state index contributed by atoms with van der Waals surface area (Å²) in [6.45, 7) is 1.24. The van der Waals surface area contributed by atoms with E-state index in [0.29, 0.717) is 36.7 Å². The standard InChI is InChI=1S/C27H25N3O3/c31-25(29-16-14-19(15-17-29)27(33)28-20-8-2-1-3-9-20)18-30-23-12-6-4-10-21(23)26(32)22-11-5-7-13-24(22)30/h1-13,19H,14-18H2,(H,28,33). The lowest BCUT2D eigenvalue weighted by molar-refractivity contribution is -0.134. The van der Waals surface area contributed by atoms with Gasteiger partial charge in [-0.2, -0.15) is 0 Å². The molecule has 5 rings (SSSR count). The fraction of sp³-hybridized carbons (Fsp3) is 0.222. The summed E-state index contributed by atoms with van der Waals surface area (Å²) < 4.78 is 1.93. The number of carbonyl (C=O) groups is 2. The third-order valence-electron chi connectivity index (χ3n) is 6.43. The number of benzene rings is 3. The van der Waals surface area contributed by atoms with Gasteiger partial charge in [-0.15, -0.1) is 0 Å². The number of nitrogens with one attached hydrogen (secondary N) is 1. The predicted octanol–water partition coefficient (Wildman–Crippen LogP) is 4.03. The second-order valence-electron chi connectivity index (χ2n) is 8.46. The first-order valence-corrected chi connectivity index (χ1v) is 11.3. The van der Waals surface area contributed by atoms with Gasteiger partial charge in [-0.1, -0.05) is 42.5 Å². The van der Waals surface area contributed by atoms with Gasteiger partial charge in [0.15, 0.2) is 5.43 Å². The minimum Gasteiger partial charge on any atom is -0.341 e. The van der Waals surface area contributed by atoms with Crippen LogP contribution in [0.3, 0.4) is 0 Å². The fourth-order valence-electron chi connectivity index (χ4n) is 4.64. The number of piperidine rings is 1. The molecule has 0 radical (unpaired) electrons. The topological polar surface area (TPSA) is 71.4 Å². The molecule has 2 amide bonds. The smallest absolute Gasteiger partial charge is 0.242 e. The molecular weight excluding hydrogens is 414 g/mol. The molecule has 0 bridgehead atoms. The summed E-state index contributed by atoms with van der Waals surface area (Å²) in [6, 6.07) is 24.3. The van der Waals surface area contributed by atoms with E-state index in [1.54, 1.807) is 0 Å². The fourth-order valence-corrected chi connectivity index (χ4v) is 4.64. The molecule has 1 aromatic heterocycles. The molecule has 0 aliphatic carbocycles. The van der Waals surface area contributed by atoms with Crippen LogP contribution in [0, 0.1) is 5.92 Å². The summed E-state index contributed by atoms with van der Waals surface area (Å²) in [6.07, 6.45) is 1.27. The van der Waals surface area contributed by atoms with Crippen molar-refractivity contribution in [3.05, 3.63) is 89.1 Å². The number of fused-ring (bicyclic) bond motifs is 2. The maximum Gasteiger partial charge on any atom is 0.242 e. The van der Waals surface area contributed by atoms with E-state index in [-0.39, 0.29) is 29.7 Å². The average Bonchev–Trinajstić information content (AvgIpc) is 2.87. The van der Waals surface area contributed by atoms with Crippen LogP contribution in [0.15, 0.2) is 83.7 Å². The number of aromatic nitrogens is 1. The van der Waals surface area contributed by atoms with Gasteiger partial charge in [-0.25, -0.2) is 0 Å². The lowest BCUT2D eigenvalue weighted by Crippen LogP contribution is -2.42. The molecule has 6 heteroatoms. The van der Waals surface area contributed by atoms with Crippen molar-refractivity contribution in [3.8, 4) is 0 Å². The van der Waals surface area contributed by atoms with Crippen LogP contribution in [0.25, 0.3) is 21.8 Å². The van der Waals surface area contributed by atoms with Crippen molar-refractivity contribution in [2.45, 2.75) is 19.4 Å². The van der Waals surface area contributed by atoms with E-state index >= 15 is 0 Å². The molecule has 1 aliphatic rings. The zero-order valence-electron chi connectivity index (χ0n) is 18.2. The monoisotopic (exact) mass is 439 g/mol. The van der Waals surface area contributed by atoms with Crippen molar-refractivity contribution >= 4 is 39.3 Å². The quantitative estimate of drug-likeness (QED) is 0.488. The maximum atomic E-state index is 13.2. The second-order valence-corrected chi connectivity index (χ2v) is 8.46. The van der Waals surface area contributed by atoms with Gasteiger partial charge >= 0.3 is 0 Å². The van der Waals surface area contributed by atoms with Crippen LogP contribution in [0.2, 0.25) is 0 Å². The molecule has 0 atom stereocenters. The van der Waals surface area contributed by atoms with Gasteiger partial charge in [-0.05, 0) is 49.2 Å². The Morgan fingerprint density at radius 3 is 1.94 bits per heavy atom.